The van der Waals surface area contributed by atoms with Gasteiger partial charge in [-0.1, -0.05) is 19.1 Å². The maximum absolute atomic E-state index is 8.62. The van der Waals surface area contributed by atoms with Crippen LogP contribution in [0.1, 0.15) is 30.6 Å². The fourth-order valence-electron chi connectivity index (χ4n) is 1.78. The molecule has 4 nitrogen and oxygen atoms in total. The predicted octanol–water partition coefficient (Wildman–Crippen LogP) is 3.35. The van der Waals surface area contributed by atoms with E-state index in [1.54, 1.807) is 6.20 Å². The summed E-state index contributed by atoms with van der Waals surface area (Å²) in [7, 11) is 0. The van der Waals surface area contributed by atoms with Gasteiger partial charge in [-0.2, -0.15) is 5.26 Å². The van der Waals surface area contributed by atoms with E-state index in [0.717, 1.165) is 23.4 Å². The Morgan fingerprint density at radius 2 is 1.90 bits per heavy atom. The molecule has 2 rings (SSSR count). The van der Waals surface area contributed by atoms with Gasteiger partial charge in [0.05, 0.1) is 24.4 Å². The number of nitriles is 1. The Bertz CT molecular complexity index is 585. The van der Waals surface area contributed by atoms with Crippen LogP contribution in [0.3, 0.4) is 0 Å². The number of rotatable bonds is 5. The summed E-state index contributed by atoms with van der Waals surface area (Å²) < 4.78 is 5.69. The third-order valence-electron chi connectivity index (χ3n) is 3.02. The van der Waals surface area contributed by atoms with Gasteiger partial charge in [-0.25, -0.2) is 0 Å². The van der Waals surface area contributed by atoms with E-state index in [0.29, 0.717) is 12.2 Å². The van der Waals surface area contributed by atoms with Crippen LogP contribution in [-0.4, -0.2) is 4.98 Å². The zero-order valence-electron chi connectivity index (χ0n) is 11.4. The Kier molecular flexibility index (Phi) is 4.70. The van der Waals surface area contributed by atoms with Crippen LogP contribution in [0.4, 0.5) is 0 Å². The van der Waals surface area contributed by atoms with E-state index in [1.807, 2.05) is 43.3 Å². The molecule has 0 saturated heterocycles. The van der Waals surface area contributed by atoms with Crippen LogP contribution in [0.25, 0.3) is 0 Å². The van der Waals surface area contributed by atoms with E-state index in [-0.39, 0.29) is 6.04 Å². The van der Waals surface area contributed by atoms with Gasteiger partial charge >= 0.3 is 0 Å². The second-order valence-corrected chi connectivity index (χ2v) is 4.51. The highest BCUT2D eigenvalue weighted by atomic mass is 16.5. The van der Waals surface area contributed by atoms with Crippen LogP contribution >= 0.6 is 0 Å². The molecule has 1 unspecified atom stereocenters. The van der Waals surface area contributed by atoms with Gasteiger partial charge in [0.2, 0.25) is 0 Å². The summed E-state index contributed by atoms with van der Waals surface area (Å²) in [6.07, 6.45) is 2.94. The number of hydrogen-bond donors (Lipinski definition) is 1. The molecular weight excluding hydrogens is 250 g/mol. The smallest absolute Gasteiger partial charge is 0.145 e. The molecular formula is C16H17N3O. The summed E-state index contributed by atoms with van der Waals surface area (Å²) in [5.41, 5.74) is 7.75. The molecule has 0 saturated carbocycles. The highest BCUT2D eigenvalue weighted by molar-refractivity contribution is 5.33. The maximum Gasteiger partial charge on any atom is 0.145 e. The summed E-state index contributed by atoms with van der Waals surface area (Å²) in [5.74, 6) is 1.39. The Morgan fingerprint density at radius 3 is 2.45 bits per heavy atom. The van der Waals surface area contributed by atoms with Crippen LogP contribution in [0.15, 0.2) is 42.6 Å². The van der Waals surface area contributed by atoms with E-state index in [4.69, 9.17) is 15.7 Å². The molecule has 0 spiro atoms. The van der Waals surface area contributed by atoms with Gasteiger partial charge in [-0.3, -0.25) is 4.98 Å². The van der Waals surface area contributed by atoms with Crippen LogP contribution in [0, 0.1) is 11.3 Å². The Balaban J connectivity index is 2.04. The number of ether oxygens (including phenoxy) is 1. The van der Waals surface area contributed by atoms with Gasteiger partial charge in [-0.15, -0.1) is 0 Å². The van der Waals surface area contributed by atoms with Crippen molar-refractivity contribution in [2.75, 3.05) is 0 Å². The summed E-state index contributed by atoms with van der Waals surface area (Å²) in [6.45, 7) is 2.03. The van der Waals surface area contributed by atoms with E-state index in [9.17, 15) is 0 Å². The lowest BCUT2D eigenvalue weighted by Gasteiger charge is -2.09. The normalized spacial score (nSPS) is 11.7. The average Bonchev–Trinajstić information content (AvgIpc) is 2.49. The molecule has 2 N–H and O–H groups in total. The molecule has 2 aromatic rings. The Hall–Kier alpha value is -2.38. The SMILES string of the molecule is CCC(N)c1ccc(Oc2ccc(CC#N)cc2)cn1. The lowest BCUT2D eigenvalue weighted by molar-refractivity contribution is 0.479. The van der Waals surface area contributed by atoms with Gasteiger partial charge in [0, 0.05) is 6.04 Å². The van der Waals surface area contributed by atoms with Crippen molar-refractivity contribution in [1.29, 1.82) is 5.26 Å². The van der Waals surface area contributed by atoms with Crippen molar-refractivity contribution in [3.8, 4) is 17.6 Å². The third-order valence-corrected chi connectivity index (χ3v) is 3.02. The predicted molar refractivity (Wildman–Crippen MR) is 77.3 cm³/mol. The summed E-state index contributed by atoms with van der Waals surface area (Å²) >= 11 is 0. The standard InChI is InChI=1S/C16H17N3O/c1-2-15(18)16-8-7-14(11-19-16)20-13-5-3-12(4-6-13)9-10-17/h3-8,11,15H,2,9,18H2,1H3. The van der Waals surface area contributed by atoms with Crippen molar-refractivity contribution in [3.63, 3.8) is 0 Å². The molecule has 0 aliphatic heterocycles. The van der Waals surface area contributed by atoms with Crippen molar-refractivity contribution in [3.05, 3.63) is 53.9 Å². The molecule has 102 valence electrons. The first-order valence-electron chi connectivity index (χ1n) is 6.58. The molecule has 1 heterocycles. The Labute approximate surface area is 118 Å². The zero-order valence-corrected chi connectivity index (χ0v) is 11.4. The highest BCUT2D eigenvalue weighted by Crippen LogP contribution is 2.22. The largest absolute Gasteiger partial charge is 0.456 e. The van der Waals surface area contributed by atoms with E-state index >= 15 is 0 Å². The molecule has 20 heavy (non-hydrogen) atoms. The minimum Gasteiger partial charge on any atom is -0.456 e. The van der Waals surface area contributed by atoms with Crippen LogP contribution < -0.4 is 10.5 Å². The van der Waals surface area contributed by atoms with Crippen molar-refractivity contribution in [2.45, 2.75) is 25.8 Å². The number of nitrogens with two attached hydrogens (primary N) is 1. The van der Waals surface area contributed by atoms with Gasteiger partial charge in [0.15, 0.2) is 0 Å². The molecule has 4 heteroatoms. The lowest BCUT2D eigenvalue weighted by atomic mass is 10.1. The summed E-state index contributed by atoms with van der Waals surface area (Å²) in [6, 6.07) is 13.3. The van der Waals surface area contributed by atoms with Gasteiger partial charge in [0.25, 0.3) is 0 Å². The second-order valence-electron chi connectivity index (χ2n) is 4.51. The first-order chi connectivity index (χ1) is 9.72. The molecule has 1 aromatic heterocycles. The maximum atomic E-state index is 8.62. The van der Waals surface area contributed by atoms with Crippen LogP contribution in [0.2, 0.25) is 0 Å². The molecule has 0 aliphatic rings. The van der Waals surface area contributed by atoms with Crippen LogP contribution in [-0.2, 0) is 6.42 Å². The summed E-state index contributed by atoms with van der Waals surface area (Å²) in [4.78, 5) is 4.30. The monoisotopic (exact) mass is 267 g/mol. The fraction of sp³-hybridized carbons (Fsp3) is 0.250. The number of benzene rings is 1. The molecule has 0 bridgehead atoms. The van der Waals surface area contributed by atoms with Crippen molar-refractivity contribution >= 4 is 0 Å². The van der Waals surface area contributed by atoms with Crippen molar-refractivity contribution in [1.82, 2.24) is 4.98 Å². The Morgan fingerprint density at radius 1 is 1.20 bits per heavy atom. The second kappa shape index (κ2) is 6.69. The van der Waals surface area contributed by atoms with Gasteiger partial charge in [-0.05, 0) is 36.2 Å². The lowest BCUT2D eigenvalue weighted by Crippen LogP contribution is -2.10. The molecule has 0 amide bonds. The molecule has 0 aliphatic carbocycles. The average molecular weight is 267 g/mol. The summed E-state index contributed by atoms with van der Waals surface area (Å²) in [5, 5.41) is 8.62. The third kappa shape index (κ3) is 3.56. The number of pyridine rings is 1. The minimum atomic E-state index is -0.0330. The van der Waals surface area contributed by atoms with E-state index in [2.05, 4.69) is 11.1 Å². The number of hydrogen-bond acceptors (Lipinski definition) is 4. The molecule has 1 atom stereocenters. The van der Waals surface area contributed by atoms with Gasteiger partial charge < -0.3 is 10.5 Å². The topological polar surface area (TPSA) is 71.9 Å². The minimum absolute atomic E-state index is 0.0330. The van der Waals surface area contributed by atoms with E-state index in [1.165, 1.54) is 0 Å². The van der Waals surface area contributed by atoms with Crippen molar-refractivity contribution < 1.29 is 4.74 Å². The number of nitrogens with zero attached hydrogens (tertiary/aromatic N) is 2. The fourth-order valence-corrected chi connectivity index (χ4v) is 1.78. The highest BCUT2D eigenvalue weighted by Gasteiger charge is 2.05. The first-order valence-corrected chi connectivity index (χ1v) is 6.58. The number of aromatic nitrogens is 1. The van der Waals surface area contributed by atoms with E-state index < -0.39 is 0 Å². The quantitative estimate of drug-likeness (QED) is 0.901. The first kappa shape index (κ1) is 14.0. The van der Waals surface area contributed by atoms with Gasteiger partial charge in [0.1, 0.15) is 11.5 Å². The molecule has 0 fully saturated rings. The van der Waals surface area contributed by atoms with Crippen molar-refractivity contribution in [2.24, 2.45) is 5.73 Å². The zero-order chi connectivity index (χ0) is 14.4. The molecule has 1 aromatic carbocycles. The molecule has 0 radical (unpaired) electrons. The van der Waals surface area contributed by atoms with Crippen LogP contribution in [0.5, 0.6) is 11.5 Å².